The lowest BCUT2D eigenvalue weighted by molar-refractivity contribution is 0.0933. The monoisotopic (exact) mass is 600 g/mol. The summed E-state index contributed by atoms with van der Waals surface area (Å²) < 4.78 is 16.1. The fraction of sp³-hybridized carbons (Fsp3) is 0.129. The average Bonchev–Trinajstić information content (AvgIpc) is 3.37. The van der Waals surface area contributed by atoms with Crippen LogP contribution in [0.15, 0.2) is 113 Å². The van der Waals surface area contributed by atoms with Crippen molar-refractivity contribution in [3.05, 3.63) is 141 Å². The van der Waals surface area contributed by atoms with Gasteiger partial charge in [0.1, 0.15) is 5.82 Å². The minimum Gasteiger partial charge on any atom is -0.342 e. The molecule has 0 spiro atoms. The van der Waals surface area contributed by atoms with Gasteiger partial charge in [-0.3, -0.25) is 9.36 Å². The van der Waals surface area contributed by atoms with Gasteiger partial charge in [-0.1, -0.05) is 84.1 Å². The molecule has 196 valence electrons. The first-order valence-electron chi connectivity index (χ1n) is 12.5. The first-order valence-corrected chi connectivity index (χ1v) is 14.2. The summed E-state index contributed by atoms with van der Waals surface area (Å²) in [5.41, 5.74) is 4.62. The number of hydrogen-bond acceptors (Lipinski definition) is 4. The van der Waals surface area contributed by atoms with Gasteiger partial charge in [0.25, 0.3) is 5.91 Å². The molecule has 5 aromatic rings. The molecule has 1 heterocycles. The fourth-order valence-corrected chi connectivity index (χ4v) is 5.58. The number of benzene rings is 4. The van der Waals surface area contributed by atoms with Crippen molar-refractivity contribution in [2.45, 2.75) is 30.3 Å². The predicted octanol–water partition coefficient (Wildman–Crippen LogP) is 7.48. The van der Waals surface area contributed by atoms with E-state index in [1.54, 1.807) is 18.2 Å². The van der Waals surface area contributed by atoms with Crippen molar-refractivity contribution < 1.29 is 9.18 Å². The number of aromatic nitrogens is 3. The highest BCUT2D eigenvalue weighted by Gasteiger charge is 2.26. The van der Waals surface area contributed by atoms with Crippen LogP contribution in [0.2, 0.25) is 0 Å². The van der Waals surface area contributed by atoms with Crippen LogP contribution in [0.5, 0.6) is 0 Å². The van der Waals surface area contributed by atoms with Gasteiger partial charge in [0.2, 0.25) is 0 Å². The highest BCUT2D eigenvalue weighted by atomic mass is 79.9. The fourth-order valence-electron chi connectivity index (χ4n) is 4.20. The number of nitrogens with zero attached hydrogens (tertiary/aromatic N) is 3. The third-order valence-electron chi connectivity index (χ3n) is 6.25. The Hall–Kier alpha value is -3.75. The summed E-state index contributed by atoms with van der Waals surface area (Å²) in [6, 6.07) is 31.5. The molecule has 0 fully saturated rings. The number of rotatable bonds is 9. The van der Waals surface area contributed by atoms with Crippen molar-refractivity contribution in [1.82, 2.24) is 20.1 Å². The molecule has 1 amide bonds. The van der Waals surface area contributed by atoms with E-state index in [1.807, 2.05) is 84.3 Å². The van der Waals surface area contributed by atoms with E-state index in [-0.39, 0.29) is 11.7 Å². The molecule has 0 saturated carbocycles. The smallest absolute Gasteiger partial charge is 0.253 e. The van der Waals surface area contributed by atoms with E-state index in [2.05, 4.69) is 31.4 Å². The molecule has 1 atom stereocenters. The van der Waals surface area contributed by atoms with Gasteiger partial charge in [-0.15, -0.1) is 10.2 Å². The molecule has 39 heavy (non-hydrogen) atoms. The lowest BCUT2D eigenvalue weighted by Gasteiger charge is -2.21. The number of thioether (sulfide) groups is 1. The average molecular weight is 602 g/mol. The van der Waals surface area contributed by atoms with E-state index in [4.69, 9.17) is 0 Å². The molecule has 1 unspecified atom stereocenters. The van der Waals surface area contributed by atoms with Crippen molar-refractivity contribution in [3.8, 4) is 5.69 Å². The number of amides is 1. The van der Waals surface area contributed by atoms with Crippen molar-refractivity contribution >= 4 is 33.6 Å². The molecular formula is C31H26BrFN4OS. The van der Waals surface area contributed by atoms with Gasteiger partial charge in [-0.25, -0.2) is 4.39 Å². The molecule has 1 N–H and O–H groups in total. The first-order chi connectivity index (χ1) is 19.0. The predicted molar refractivity (Wildman–Crippen MR) is 157 cm³/mol. The standard InChI is InChI=1S/C31H26BrFN4OS/c1-21-11-17-25(18-12-21)37-29(35-36-31(37)39-20-23-13-15-24(33)16-14-23)28(19-22-7-3-2-4-8-22)34-30(38)26-9-5-6-10-27(26)32/h2-18,28H,19-20H2,1H3,(H,34,38). The molecule has 8 heteroatoms. The van der Waals surface area contributed by atoms with Crippen molar-refractivity contribution in [2.24, 2.45) is 0 Å². The van der Waals surface area contributed by atoms with Gasteiger partial charge in [0, 0.05) is 15.9 Å². The second-order valence-corrected chi connectivity index (χ2v) is 10.9. The summed E-state index contributed by atoms with van der Waals surface area (Å²) in [5, 5.41) is 13.1. The van der Waals surface area contributed by atoms with Gasteiger partial charge < -0.3 is 5.32 Å². The van der Waals surface area contributed by atoms with E-state index >= 15 is 0 Å². The Kier molecular flexibility index (Phi) is 8.54. The van der Waals surface area contributed by atoms with Crippen LogP contribution in [0.3, 0.4) is 0 Å². The number of carbonyl (C=O) groups is 1. The van der Waals surface area contributed by atoms with Crippen molar-refractivity contribution in [1.29, 1.82) is 0 Å². The van der Waals surface area contributed by atoms with Gasteiger partial charge in [0.05, 0.1) is 11.6 Å². The quantitative estimate of drug-likeness (QED) is 0.178. The Morgan fingerprint density at radius 3 is 2.31 bits per heavy atom. The Labute approximate surface area is 239 Å². The third kappa shape index (κ3) is 6.64. The van der Waals surface area contributed by atoms with Crippen LogP contribution in [-0.4, -0.2) is 20.7 Å². The number of aryl methyl sites for hydroxylation is 1. The number of nitrogens with one attached hydrogen (secondary N) is 1. The van der Waals surface area contributed by atoms with Crippen LogP contribution < -0.4 is 5.32 Å². The highest BCUT2D eigenvalue weighted by molar-refractivity contribution is 9.10. The van der Waals surface area contributed by atoms with Gasteiger partial charge in [-0.2, -0.15) is 0 Å². The SMILES string of the molecule is Cc1ccc(-n2c(SCc3ccc(F)cc3)nnc2C(Cc2ccccc2)NC(=O)c2ccccc2Br)cc1. The van der Waals surface area contributed by atoms with Crippen LogP contribution in [0.4, 0.5) is 4.39 Å². The van der Waals surface area contributed by atoms with Gasteiger partial charge in [-0.05, 0) is 76.8 Å². The zero-order chi connectivity index (χ0) is 27.2. The third-order valence-corrected chi connectivity index (χ3v) is 7.94. The molecule has 1 aromatic heterocycles. The maximum absolute atomic E-state index is 13.4. The first kappa shape index (κ1) is 26.8. The van der Waals surface area contributed by atoms with Gasteiger partial charge in [0.15, 0.2) is 11.0 Å². The van der Waals surface area contributed by atoms with E-state index in [9.17, 15) is 9.18 Å². The van der Waals surface area contributed by atoms with Crippen LogP contribution in [-0.2, 0) is 12.2 Å². The second kappa shape index (κ2) is 12.4. The topological polar surface area (TPSA) is 59.8 Å². The summed E-state index contributed by atoms with van der Waals surface area (Å²) in [7, 11) is 0. The van der Waals surface area contributed by atoms with Gasteiger partial charge >= 0.3 is 0 Å². The molecule has 0 aliphatic heterocycles. The van der Waals surface area contributed by atoms with E-state index in [0.717, 1.165) is 26.9 Å². The zero-order valence-corrected chi connectivity index (χ0v) is 23.6. The lowest BCUT2D eigenvalue weighted by Crippen LogP contribution is -2.32. The summed E-state index contributed by atoms with van der Waals surface area (Å²) >= 11 is 5.01. The number of hydrogen-bond donors (Lipinski definition) is 1. The van der Waals surface area contributed by atoms with E-state index in [0.29, 0.717) is 28.7 Å². The Morgan fingerprint density at radius 1 is 0.897 bits per heavy atom. The van der Waals surface area contributed by atoms with E-state index in [1.165, 1.54) is 23.9 Å². The normalized spacial score (nSPS) is 11.8. The summed E-state index contributed by atoms with van der Waals surface area (Å²) in [6.45, 7) is 2.04. The summed E-state index contributed by atoms with van der Waals surface area (Å²) in [6.07, 6.45) is 0.531. The summed E-state index contributed by atoms with van der Waals surface area (Å²) in [4.78, 5) is 13.4. The molecular weight excluding hydrogens is 575 g/mol. The Balaban J connectivity index is 1.54. The number of carbonyl (C=O) groups excluding carboxylic acids is 1. The minimum atomic E-state index is -0.457. The Bertz CT molecular complexity index is 1560. The molecule has 5 nitrogen and oxygen atoms in total. The van der Waals surface area contributed by atoms with Crippen molar-refractivity contribution in [3.63, 3.8) is 0 Å². The molecule has 0 bridgehead atoms. The number of halogens is 2. The molecule has 0 aliphatic carbocycles. The van der Waals surface area contributed by atoms with Crippen LogP contribution in [0.25, 0.3) is 5.69 Å². The summed E-state index contributed by atoms with van der Waals surface area (Å²) in [5.74, 6) is 0.752. The maximum atomic E-state index is 13.4. The van der Waals surface area contributed by atoms with Crippen molar-refractivity contribution in [2.75, 3.05) is 0 Å². The second-order valence-electron chi connectivity index (χ2n) is 9.12. The van der Waals surface area contributed by atoms with Crippen LogP contribution in [0.1, 0.15) is 38.9 Å². The Morgan fingerprint density at radius 2 is 1.59 bits per heavy atom. The molecule has 0 saturated heterocycles. The van der Waals surface area contributed by atoms with Crippen LogP contribution >= 0.6 is 27.7 Å². The van der Waals surface area contributed by atoms with E-state index < -0.39 is 6.04 Å². The molecule has 4 aromatic carbocycles. The molecule has 0 aliphatic rings. The zero-order valence-electron chi connectivity index (χ0n) is 21.2. The largest absolute Gasteiger partial charge is 0.342 e. The molecule has 5 rings (SSSR count). The van der Waals surface area contributed by atoms with Crippen LogP contribution in [0, 0.1) is 12.7 Å². The maximum Gasteiger partial charge on any atom is 0.253 e. The lowest BCUT2D eigenvalue weighted by atomic mass is 10.0. The highest BCUT2D eigenvalue weighted by Crippen LogP contribution is 2.30. The minimum absolute atomic E-state index is 0.206. The molecule has 0 radical (unpaired) electrons.